The minimum Gasteiger partial charge on any atom is -0.462 e. The van der Waals surface area contributed by atoms with Gasteiger partial charge in [0.2, 0.25) is 0 Å². The second-order valence-electron chi connectivity index (χ2n) is 5.48. The van der Waals surface area contributed by atoms with E-state index in [1.807, 2.05) is 7.05 Å². The summed E-state index contributed by atoms with van der Waals surface area (Å²) >= 11 is 0. The first-order valence-electron chi connectivity index (χ1n) is 6.37. The van der Waals surface area contributed by atoms with Crippen LogP contribution >= 0.6 is 0 Å². The summed E-state index contributed by atoms with van der Waals surface area (Å²) in [7, 11) is 1.85. The predicted octanol–water partition coefficient (Wildman–Crippen LogP) is 1.48. The number of hydrogen-bond donors (Lipinski definition) is 1. The third kappa shape index (κ3) is 2.56. The second kappa shape index (κ2) is 4.72. The van der Waals surface area contributed by atoms with Gasteiger partial charge in [0.15, 0.2) is 0 Å². The molecule has 100 valence electrons. The van der Waals surface area contributed by atoms with E-state index in [9.17, 15) is 4.79 Å². The lowest BCUT2D eigenvalue weighted by Crippen LogP contribution is -2.23. The largest absolute Gasteiger partial charge is 0.462 e. The Labute approximate surface area is 108 Å². The van der Waals surface area contributed by atoms with Gasteiger partial charge in [-0.3, -0.25) is 4.68 Å². The van der Waals surface area contributed by atoms with Crippen LogP contribution in [0.1, 0.15) is 43.2 Å². The van der Waals surface area contributed by atoms with E-state index in [0.29, 0.717) is 30.2 Å². The fourth-order valence-electron chi connectivity index (χ4n) is 2.09. The lowest BCUT2D eigenvalue weighted by atomic mass is 10.2. The molecule has 0 aromatic carbocycles. The average Bonchev–Trinajstić information content (AvgIpc) is 2.74. The van der Waals surface area contributed by atoms with Crippen LogP contribution in [0.5, 0.6) is 0 Å². The Morgan fingerprint density at radius 1 is 1.67 bits per heavy atom. The minimum atomic E-state index is -0.294. The van der Waals surface area contributed by atoms with Crippen molar-refractivity contribution in [3.63, 3.8) is 0 Å². The molecule has 0 saturated heterocycles. The quantitative estimate of drug-likeness (QED) is 0.805. The fourth-order valence-corrected chi connectivity index (χ4v) is 2.09. The maximum absolute atomic E-state index is 11.8. The number of aryl methyl sites for hydroxylation is 1. The zero-order valence-corrected chi connectivity index (χ0v) is 11.5. The van der Waals surface area contributed by atoms with Crippen LogP contribution in [-0.2, 0) is 18.3 Å². The maximum Gasteiger partial charge on any atom is 0.341 e. The van der Waals surface area contributed by atoms with Crippen molar-refractivity contribution in [2.24, 2.45) is 12.5 Å². The maximum atomic E-state index is 11.8. The Morgan fingerprint density at radius 3 is 2.89 bits per heavy atom. The van der Waals surface area contributed by atoms with Gasteiger partial charge in [0, 0.05) is 19.6 Å². The van der Waals surface area contributed by atoms with E-state index >= 15 is 0 Å². The summed E-state index contributed by atoms with van der Waals surface area (Å²) in [6.07, 6.45) is 2.76. The van der Waals surface area contributed by atoms with Gasteiger partial charge in [0.05, 0.1) is 18.5 Å². The number of nitrogens with zero attached hydrogens (tertiary/aromatic N) is 2. The van der Waals surface area contributed by atoms with E-state index in [4.69, 9.17) is 4.74 Å². The number of nitrogens with one attached hydrogen (secondary N) is 1. The highest BCUT2D eigenvalue weighted by atomic mass is 16.5. The van der Waals surface area contributed by atoms with Crippen LogP contribution in [-0.4, -0.2) is 28.4 Å². The van der Waals surface area contributed by atoms with Crippen molar-refractivity contribution >= 4 is 5.97 Å². The van der Waals surface area contributed by atoms with E-state index in [0.717, 1.165) is 5.69 Å². The molecule has 1 aliphatic rings. The van der Waals surface area contributed by atoms with Crippen LogP contribution < -0.4 is 5.32 Å². The summed E-state index contributed by atoms with van der Waals surface area (Å²) in [4.78, 5) is 11.8. The number of rotatable bonds is 5. The molecule has 1 atom stereocenters. The van der Waals surface area contributed by atoms with Crippen LogP contribution in [0.4, 0.5) is 0 Å². The van der Waals surface area contributed by atoms with Crippen molar-refractivity contribution in [2.75, 3.05) is 6.61 Å². The number of hydrogen-bond acceptors (Lipinski definition) is 4. The van der Waals surface area contributed by atoms with Gasteiger partial charge in [-0.2, -0.15) is 5.10 Å². The van der Waals surface area contributed by atoms with Crippen molar-refractivity contribution in [1.29, 1.82) is 0 Å². The molecular formula is C13H21N3O2. The number of carbonyl (C=O) groups excluding carboxylic acids is 1. The van der Waals surface area contributed by atoms with Crippen molar-refractivity contribution < 1.29 is 9.53 Å². The summed E-state index contributed by atoms with van der Waals surface area (Å²) in [5, 5.41) is 7.59. The van der Waals surface area contributed by atoms with Crippen molar-refractivity contribution in [1.82, 2.24) is 15.1 Å². The first kappa shape index (κ1) is 13.1. The van der Waals surface area contributed by atoms with E-state index < -0.39 is 0 Å². The monoisotopic (exact) mass is 251 g/mol. The molecule has 0 bridgehead atoms. The summed E-state index contributed by atoms with van der Waals surface area (Å²) < 4.78 is 6.76. The molecule has 1 heterocycles. The molecule has 0 radical (unpaired) electrons. The number of ether oxygens (including phenoxy) is 1. The molecule has 1 aromatic rings. The molecule has 1 aliphatic carbocycles. The number of esters is 1. The molecule has 1 unspecified atom stereocenters. The van der Waals surface area contributed by atoms with Crippen LogP contribution in [0.3, 0.4) is 0 Å². The number of carbonyl (C=O) groups is 1. The third-order valence-corrected chi connectivity index (χ3v) is 3.59. The van der Waals surface area contributed by atoms with Crippen LogP contribution in [0.2, 0.25) is 0 Å². The van der Waals surface area contributed by atoms with Gasteiger partial charge in [-0.15, -0.1) is 0 Å². The van der Waals surface area contributed by atoms with Gasteiger partial charge in [-0.1, -0.05) is 13.8 Å². The third-order valence-electron chi connectivity index (χ3n) is 3.59. The average molecular weight is 251 g/mol. The topological polar surface area (TPSA) is 56.1 Å². The predicted molar refractivity (Wildman–Crippen MR) is 68.2 cm³/mol. The Kier molecular flexibility index (Phi) is 3.43. The van der Waals surface area contributed by atoms with E-state index in [1.165, 1.54) is 6.42 Å². The summed E-state index contributed by atoms with van der Waals surface area (Å²) in [6.45, 7) is 7.31. The normalized spacial score (nSPS) is 20.8. The first-order valence-corrected chi connectivity index (χ1v) is 6.37. The lowest BCUT2D eigenvalue weighted by molar-refractivity contribution is 0.0524. The smallest absolute Gasteiger partial charge is 0.341 e. The Balaban J connectivity index is 2.03. The molecule has 5 nitrogen and oxygen atoms in total. The molecule has 18 heavy (non-hydrogen) atoms. The zero-order chi connectivity index (χ0) is 13.3. The van der Waals surface area contributed by atoms with Gasteiger partial charge < -0.3 is 10.1 Å². The summed E-state index contributed by atoms with van der Waals surface area (Å²) in [6, 6.07) is 0.530. The molecular weight excluding hydrogens is 230 g/mol. The van der Waals surface area contributed by atoms with Crippen LogP contribution in [0.15, 0.2) is 6.20 Å². The number of aromatic nitrogens is 2. The zero-order valence-electron chi connectivity index (χ0n) is 11.5. The Hall–Kier alpha value is -1.36. The summed E-state index contributed by atoms with van der Waals surface area (Å²) in [5.41, 5.74) is 1.82. The van der Waals surface area contributed by atoms with Crippen LogP contribution in [0, 0.1) is 5.41 Å². The van der Waals surface area contributed by atoms with Gasteiger partial charge in [-0.25, -0.2) is 4.79 Å². The van der Waals surface area contributed by atoms with Crippen molar-refractivity contribution in [2.45, 2.75) is 39.8 Å². The highest BCUT2D eigenvalue weighted by molar-refractivity contribution is 5.90. The van der Waals surface area contributed by atoms with Crippen molar-refractivity contribution in [3.8, 4) is 0 Å². The second-order valence-corrected chi connectivity index (χ2v) is 5.48. The van der Waals surface area contributed by atoms with E-state index in [-0.39, 0.29) is 5.97 Å². The van der Waals surface area contributed by atoms with E-state index in [1.54, 1.807) is 17.8 Å². The van der Waals surface area contributed by atoms with Gasteiger partial charge in [0.25, 0.3) is 0 Å². The van der Waals surface area contributed by atoms with E-state index in [2.05, 4.69) is 24.3 Å². The molecule has 1 N–H and O–H groups in total. The molecule has 1 aromatic heterocycles. The molecule has 5 heteroatoms. The van der Waals surface area contributed by atoms with Gasteiger partial charge >= 0.3 is 5.97 Å². The Bertz CT molecular complexity index is 451. The molecule has 0 spiro atoms. The molecule has 0 amide bonds. The van der Waals surface area contributed by atoms with Gasteiger partial charge in [-0.05, 0) is 18.8 Å². The SMILES string of the molecule is CCOC(=O)c1cnn(C)c1CNC1CC1(C)C. The molecule has 2 rings (SSSR count). The highest BCUT2D eigenvalue weighted by Crippen LogP contribution is 2.44. The summed E-state index contributed by atoms with van der Waals surface area (Å²) in [5.74, 6) is -0.294. The standard InChI is InChI=1S/C13H21N3O2/c1-5-18-12(17)9-7-15-16(4)10(9)8-14-11-6-13(11,2)3/h7,11,14H,5-6,8H2,1-4H3. The lowest BCUT2D eigenvalue weighted by Gasteiger charge is -2.09. The molecule has 1 saturated carbocycles. The van der Waals surface area contributed by atoms with Crippen molar-refractivity contribution in [3.05, 3.63) is 17.5 Å². The fraction of sp³-hybridized carbons (Fsp3) is 0.692. The highest BCUT2D eigenvalue weighted by Gasteiger charge is 2.45. The van der Waals surface area contributed by atoms with Gasteiger partial charge in [0.1, 0.15) is 5.56 Å². The first-order chi connectivity index (χ1) is 8.45. The molecule has 0 aliphatic heterocycles. The minimum absolute atomic E-state index is 0.294. The van der Waals surface area contributed by atoms with Crippen LogP contribution in [0.25, 0.3) is 0 Å². The Morgan fingerprint density at radius 2 is 2.33 bits per heavy atom. The molecule has 1 fully saturated rings.